The first-order valence-corrected chi connectivity index (χ1v) is 21.2. The standard InChI is InChI=1S/C44B28O/c45-15-3-1(7-8-14-30(60)37(67)40(70)42(72)44(14)73-43(8)41(71)38(68)19(7)49)4-6(18(48)34(64)32(62)16(4)46)2(5(3)17(47)33(63)31(15)61)9-20(50)22(52)10(23(53)21(9)51)11-24(54)26(56)12(27(57)25(11)55)13-28(58)35(65)39(69)36(66)29(13)59. The van der Waals surface area contributed by atoms with Gasteiger partial charge in [0.05, 0.1) is 0 Å². The summed E-state index contributed by atoms with van der Waals surface area (Å²) in [7, 11) is 188. The summed E-state index contributed by atoms with van der Waals surface area (Å²) in [6.07, 6.45) is 0. The van der Waals surface area contributed by atoms with E-state index in [0.717, 1.165) is 0 Å². The maximum absolute atomic E-state index is 7.15. The molecule has 8 aromatic carbocycles. The average molecular weight is 847 g/mol. The van der Waals surface area contributed by atoms with Crippen LogP contribution >= 0.6 is 0 Å². The van der Waals surface area contributed by atoms with Crippen molar-refractivity contribution in [1.29, 1.82) is 0 Å². The van der Waals surface area contributed by atoms with Gasteiger partial charge in [-0.05, 0) is 66.1 Å². The summed E-state index contributed by atoms with van der Waals surface area (Å²) in [5, 5.41) is 0.0960. The van der Waals surface area contributed by atoms with Crippen molar-refractivity contribution in [3.8, 4) is 44.5 Å². The number of fused-ring (bicyclic) bond motifs is 5. The van der Waals surface area contributed by atoms with Crippen molar-refractivity contribution in [2.45, 2.75) is 0 Å². The van der Waals surface area contributed by atoms with Gasteiger partial charge < -0.3 is 4.42 Å². The third-order valence-corrected chi connectivity index (χ3v) is 14.0. The summed E-state index contributed by atoms with van der Waals surface area (Å²) in [4.78, 5) is 0. The molecule has 29 heteroatoms. The summed E-state index contributed by atoms with van der Waals surface area (Å²) in [5.74, 6) is 0. The second-order valence-electron chi connectivity index (χ2n) is 17.6. The quantitative estimate of drug-likeness (QED) is 0.127. The fourth-order valence-corrected chi connectivity index (χ4v) is 9.95. The zero-order chi connectivity index (χ0) is 54.1. The molecule has 0 amide bonds. The van der Waals surface area contributed by atoms with Gasteiger partial charge in [-0.3, -0.25) is 0 Å². The Morgan fingerprint density at radius 1 is 0.123 bits per heavy atom. The number of rotatable bonds is 4. The van der Waals surface area contributed by atoms with E-state index in [1.807, 2.05) is 0 Å². The molecule has 9 rings (SSSR count). The Hall–Kier alpha value is -4.10. The van der Waals surface area contributed by atoms with Crippen molar-refractivity contribution in [2.75, 3.05) is 0 Å². The van der Waals surface area contributed by atoms with E-state index in [9.17, 15) is 0 Å². The first kappa shape index (κ1) is 53.7. The molecule has 0 aliphatic carbocycles. The van der Waals surface area contributed by atoms with E-state index in [1.165, 1.54) is 0 Å². The van der Waals surface area contributed by atoms with Gasteiger partial charge in [0.1, 0.15) is 231 Å². The molecule has 1 aromatic heterocycles. The van der Waals surface area contributed by atoms with Crippen LogP contribution in [0, 0.1) is 0 Å². The maximum Gasteiger partial charge on any atom is 0.128 e. The van der Waals surface area contributed by atoms with E-state index in [0.29, 0.717) is 0 Å². The fraction of sp³-hybridized carbons (Fsp3) is 0. The van der Waals surface area contributed by atoms with E-state index >= 15 is 0 Å². The van der Waals surface area contributed by atoms with E-state index in [4.69, 9.17) is 224 Å². The first-order valence-electron chi connectivity index (χ1n) is 21.2. The summed E-state index contributed by atoms with van der Waals surface area (Å²) < 4.78 is 6.31. The third-order valence-electron chi connectivity index (χ3n) is 14.0. The van der Waals surface area contributed by atoms with Gasteiger partial charge in [0.25, 0.3) is 0 Å². The molecule has 0 fully saturated rings. The van der Waals surface area contributed by atoms with Crippen LogP contribution in [0.1, 0.15) is 0 Å². The van der Waals surface area contributed by atoms with E-state index in [1.54, 1.807) is 0 Å². The van der Waals surface area contributed by atoms with Gasteiger partial charge in [-0.25, -0.2) is 0 Å². The number of furan rings is 1. The van der Waals surface area contributed by atoms with Crippen LogP contribution in [0.25, 0.3) is 88.0 Å². The van der Waals surface area contributed by atoms with E-state index in [2.05, 4.69) is 0 Å². The lowest BCUT2D eigenvalue weighted by Crippen LogP contribution is -2.57. The predicted molar refractivity (Wildman–Crippen MR) is 341 cm³/mol. The molecule has 0 aliphatic heterocycles. The van der Waals surface area contributed by atoms with Crippen LogP contribution < -0.4 is 153 Å². The smallest absolute Gasteiger partial charge is 0.128 e. The van der Waals surface area contributed by atoms with Gasteiger partial charge >= 0.3 is 0 Å². The van der Waals surface area contributed by atoms with Crippen molar-refractivity contribution in [3.05, 3.63) is 0 Å². The molecular formula is C44B28O. The van der Waals surface area contributed by atoms with Crippen LogP contribution in [0.15, 0.2) is 4.42 Å². The molecule has 0 N–H and O–H groups in total. The highest BCUT2D eigenvalue weighted by molar-refractivity contribution is 6.76. The highest BCUT2D eigenvalue weighted by Crippen LogP contribution is 2.42. The van der Waals surface area contributed by atoms with Crippen molar-refractivity contribution in [2.24, 2.45) is 0 Å². The highest BCUT2D eigenvalue weighted by Gasteiger charge is 2.31. The van der Waals surface area contributed by atoms with E-state index in [-0.39, 0.29) is 241 Å². The van der Waals surface area contributed by atoms with Gasteiger partial charge in [0.15, 0.2) is 0 Å². The normalized spacial score (nSPS) is 11.7. The second kappa shape index (κ2) is 18.3. The molecule has 0 aliphatic rings. The van der Waals surface area contributed by atoms with Crippen LogP contribution in [0.5, 0.6) is 0 Å². The molecule has 0 bridgehead atoms. The number of benzene rings is 8. The van der Waals surface area contributed by atoms with Gasteiger partial charge in [-0.2, -0.15) is 0 Å². The maximum atomic E-state index is 7.15. The molecule has 73 heavy (non-hydrogen) atoms. The first-order chi connectivity index (χ1) is 34.0. The summed E-state index contributed by atoms with van der Waals surface area (Å²) in [6, 6.07) is 0. The number of hydrogen-bond acceptors (Lipinski definition) is 1. The SMILES string of the molecule is [B]c1c([B])c([B])c(-c2c([B])c([B])c(-c3c([B])c([B])c(-c4c5c([B])c([B])c([B])c([B])c5c(-c5c([B])c([B])c([B])c6oc7c([B])c([B])c([B])c([B])c7c56)c5c([B])c([B])c([B])c([B])c45)c([B])c3[B])c([B])c2[B])c([B])c1[B]. The molecule has 9 aromatic rings. The lowest BCUT2D eigenvalue weighted by atomic mass is 9.54. The van der Waals surface area contributed by atoms with Crippen LogP contribution in [-0.4, -0.2) is 220 Å². The molecule has 0 saturated carbocycles. The Labute approximate surface area is 461 Å². The van der Waals surface area contributed by atoms with E-state index < -0.39 is 0 Å². The number of hydrogen-bond donors (Lipinski definition) is 0. The summed E-state index contributed by atoms with van der Waals surface area (Å²) in [5.41, 5.74) is -5.50. The minimum Gasteiger partial charge on any atom is -0.457 e. The minimum atomic E-state index is -0.290. The van der Waals surface area contributed by atoms with Gasteiger partial charge in [0.2, 0.25) is 0 Å². The topological polar surface area (TPSA) is 13.1 Å². The molecule has 266 valence electrons. The largest absolute Gasteiger partial charge is 0.457 e. The monoisotopic (exact) mass is 852 g/mol. The molecule has 0 unspecified atom stereocenters. The zero-order valence-corrected chi connectivity index (χ0v) is 38.6. The van der Waals surface area contributed by atoms with Crippen molar-refractivity contribution in [3.63, 3.8) is 0 Å². The van der Waals surface area contributed by atoms with Gasteiger partial charge in [0, 0.05) is 10.8 Å². The molecule has 0 spiro atoms. The second-order valence-corrected chi connectivity index (χ2v) is 17.6. The Balaban J connectivity index is 1.51. The van der Waals surface area contributed by atoms with Crippen molar-refractivity contribution < 1.29 is 4.42 Å². The van der Waals surface area contributed by atoms with Crippen LogP contribution in [0.2, 0.25) is 0 Å². The van der Waals surface area contributed by atoms with Crippen molar-refractivity contribution >= 4 is 416 Å². The Bertz CT molecular complexity index is 3950. The van der Waals surface area contributed by atoms with Crippen LogP contribution in [0.4, 0.5) is 0 Å². The van der Waals surface area contributed by atoms with Gasteiger partial charge in [-0.1, -0.05) is 98.3 Å². The lowest BCUT2D eigenvalue weighted by molar-refractivity contribution is 0.675. The lowest BCUT2D eigenvalue weighted by Gasteiger charge is -2.33. The third kappa shape index (κ3) is 7.09. The average Bonchev–Trinajstić information content (AvgIpc) is 3.76. The summed E-state index contributed by atoms with van der Waals surface area (Å²) in [6.45, 7) is 0. The molecule has 0 atom stereocenters. The van der Waals surface area contributed by atoms with Crippen molar-refractivity contribution in [1.82, 2.24) is 0 Å². The minimum absolute atomic E-state index is 0.00162. The molecule has 1 heterocycles. The highest BCUT2D eigenvalue weighted by atomic mass is 16.3. The molecular weight excluding hydrogens is 847 g/mol. The molecule has 1 nitrogen and oxygen atoms in total. The Morgan fingerprint density at radius 2 is 0.288 bits per heavy atom. The van der Waals surface area contributed by atoms with Crippen LogP contribution in [-0.2, 0) is 0 Å². The van der Waals surface area contributed by atoms with Gasteiger partial charge in [-0.15, -0.1) is 54.6 Å². The molecule has 0 saturated heterocycles. The Kier molecular flexibility index (Phi) is 13.5. The zero-order valence-electron chi connectivity index (χ0n) is 38.6. The predicted octanol–water partition coefficient (Wildman–Crippen LogP) is -21.2. The Morgan fingerprint density at radius 3 is 0.589 bits per heavy atom. The van der Waals surface area contributed by atoms with Crippen LogP contribution in [0.3, 0.4) is 0 Å². The summed E-state index contributed by atoms with van der Waals surface area (Å²) >= 11 is 0. The molecule has 56 radical (unpaired) electrons. The fourth-order valence-electron chi connectivity index (χ4n) is 9.95.